The molecule has 128 valence electrons. The zero-order chi connectivity index (χ0) is 17.8. The first kappa shape index (κ1) is 16.8. The Morgan fingerprint density at radius 2 is 2.00 bits per heavy atom. The number of nitrogens with zero attached hydrogens (tertiary/aromatic N) is 2. The van der Waals surface area contributed by atoms with Gasteiger partial charge in [0, 0.05) is 19.5 Å². The topological polar surface area (TPSA) is 58.2 Å². The average molecular weight is 335 g/mol. The highest BCUT2D eigenvalue weighted by Crippen LogP contribution is 2.22. The van der Waals surface area contributed by atoms with Crippen LogP contribution in [0, 0.1) is 6.92 Å². The van der Waals surface area contributed by atoms with Crippen molar-refractivity contribution in [3.8, 4) is 5.75 Å². The maximum absolute atomic E-state index is 11.6. The Labute approximate surface area is 146 Å². The molecule has 5 heteroatoms. The maximum Gasteiger partial charge on any atom is 0.259 e. The molecule has 0 aliphatic rings. The largest absolute Gasteiger partial charge is 0.484 e. The van der Waals surface area contributed by atoms with Gasteiger partial charge < -0.3 is 9.64 Å². The molecule has 3 aromatic rings. The third kappa shape index (κ3) is 3.88. The normalized spacial score (nSPS) is 11.2. The number of benzene rings is 2. The molecule has 1 aromatic heterocycles. The van der Waals surface area contributed by atoms with Crippen molar-refractivity contribution in [3.63, 3.8) is 0 Å². The second kappa shape index (κ2) is 7.21. The number of aryl methyl sites for hydroxylation is 1. The highest BCUT2D eigenvalue weighted by molar-refractivity contribution is 5.89. The molecule has 0 saturated heterocycles. The van der Waals surface area contributed by atoms with Crippen molar-refractivity contribution >= 4 is 29.0 Å². The number of H-pyrrole nitrogens is 1. The van der Waals surface area contributed by atoms with E-state index in [4.69, 9.17) is 4.74 Å². The van der Waals surface area contributed by atoms with Crippen LogP contribution in [-0.4, -0.2) is 41.7 Å². The summed E-state index contributed by atoms with van der Waals surface area (Å²) in [6, 6.07) is 13.9. The number of aromatic amines is 1. The number of carbonyl (C=O) groups is 1. The molecule has 2 aromatic carbocycles. The first-order chi connectivity index (χ1) is 12.0. The molecule has 0 atom stereocenters. The third-order valence-corrected chi connectivity index (χ3v) is 3.98. The fourth-order valence-corrected chi connectivity index (χ4v) is 2.49. The van der Waals surface area contributed by atoms with Crippen molar-refractivity contribution in [1.82, 2.24) is 15.1 Å². The van der Waals surface area contributed by atoms with Crippen LogP contribution in [-0.2, 0) is 4.79 Å². The van der Waals surface area contributed by atoms with Gasteiger partial charge in [0.2, 0.25) is 0 Å². The van der Waals surface area contributed by atoms with Crippen LogP contribution >= 0.6 is 0 Å². The van der Waals surface area contributed by atoms with Gasteiger partial charge in [-0.2, -0.15) is 5.10 Å². The van der Waals surface area contributed by atoms with Gasteiger partial charge in [-0.1, -0.05) is 30.3 Å². The van der Waals surface area contributed by atoms with E-state index in [0.29, 0.717) is 0 Å². The predicted molar refractivity (Wildman–Crippen MR) is 100 cm³/mol. The number of fused-ring (bicyclic) bond motifs is 1. The number of nitrogens with one attached hydrogen (secondary N) is 1. The summed E-state index contributed by atoms with van der Waals surface area (Å²) in [5.74, 6) is 0.659. The SMILES string of the molecule is Cc1cc(/C=C/c2n[nH]c3ccccc23)ccc1OCC(=O)N(C)C. The number of likely N-dealkylation sites (N-methyl/N-ethyl adjacent to an activating group) is 1. The number of rotatable bonds is 5. The number of ether oxygens (including phenoxy) is 1. The Balaban J connectivity index is 1.73. The molecule has 0 unspecified atom stereocenters. The molecule has 0 aliphatic carbocycles. The quantitative estimate of drug-likeness (QED) is 0.776. The van der Waals surface area contributed by atoms with Crippen molar-refractivity contribution in [2.45, 2.75) is 6.92 Å². The first-order valence-electron chi connectivity index (χ1n) is 8.09. The van der Waals surface area contributed by atoms with Crippen molar-refractivity contribution in [2.24, 2.45) is 0 Å². The lowest BCUT2D eigenvalue weighted by molar-refractivity contribution is -0.130. The van der Waals surface area contributed by atoms with Crippen molar-refractivity contribution in [2.75, 3.05) is 20.7 Å². The summed E-state index contributed by atoms with van der Waals surface area (Å²) >= 11 is 0. The van der Waals surface area contributed by atoms with Crippen LogP contribution in [0.25, 0.3) is 23.1 Å². The minimum atomic E-state index is -0.0613. The molecule has 3 rings (SSSR count). The fraction of sp³-hybridized carbons (Fsp3) is 0.200. The van der Waals surface area contributed by atoms with Crippen molar-refractivity contribution < 1.29 is 9.53 Å². The summed E-state index contributed by atoms with van der Waals surface area (Å²) in [6.07, 6.45) is 4.01. The van der Waals surface area contributed by atoms with E-state index in [1.165, 1.54) is 4.90 Å². The molecule has 0 saturated carbocycles. The summed E-state index contributed by atoms with van der Waals surface area (Å²) in [4.78, 5) is 13.1. The number of para-hydroxylation sites is 1. The smallest absolute Gasteiger partial charge is 0.259 e. The van der Waals surface area contributed by atoms with Crippen molar-refractivity contribution in [1.29, 1.82) is 0 Å². The molecule has 0 aliphatic heterocycles. The summed E-state index contributed by atoms with van der Waals surface area (Å²) in [6.45, 7) is 2.01. The van der Waals surface area contributed by atoms with Crippen LogP contribution in [0.3, 0.4) is 0 Å². The minimum absolute atomic E-state index is 0.0439. The number of carbonyl (C=O) groups excluding carboxylic acids is 1. The summed E-state index contributed by atoms with van der Waals surface area (Å²) in [5.41, 5.74) is 3.97. The molecule has 1 amide bonds. The lowest BCUT2D eigenvalue weighted by atomic mass is 10.1. The van der Waals surface area contributed by atoms with Gasteiger partial charge in [0.25, 0.3) is 5.91 Å². The molecule has 1 N–H and O–H groups in total. The van der Waals surface area contributed by atoms with Gasteiger partial charge in [-0.3, -0.25) is 9.89 Å². The standard InChI is InChI=1S/C20H21N3O2/c1-14-12-15(9-11-19(14)25-13-20(24)23(2)3)8-10-18-16-6-4-5-7-17(16)21-22-18/h4-12H,13H2,1-3H3,(H,21,22)/b10-8+. The van der Waals surface area contributed by atoms with E-state index in [-0.39, 0.29) is 12.5 Å². The molecule has 0 spiro atoms. The molecular weight excluding hydrogens is 314 g/mol. The lowest BCUT2D eigenvalue weighted by Crippen LogP contribution is -2.27. The highest BCUT2D eigenvalue weighted by Gasteiger charge is 2.07. The summed E-state index contributed by atoms with van der Waals surface area (Å²) in [7, 11) is 3.43. The van der Waals surface area contributed by atoms with E-state index < -0.39 is 0 Å². The maximum atomic E-state index is 11.6. The number of aromatic nitrogens is 2. The fourth-order valence-electron chi connectivity index (χ4n) is 2.49. The summed E-state index contributed by atoms with van der Waals surface area (Å²) in [5, 5.41) is 8.46. The van der Waals surface area contributed by atoms with Gasteiger partial charge in [-0.05, 0) is 42.3 Å². The predicted octanol–water partition coefficient (Wildman–Crippen LogP) is 3.51. The van der Waals surface area contributed by atoms with Crippen molar-refractivity contribution in [3.05, 3.63) is 59.3 Å². The number of hydrogen-bond donors (Lipinski definition) is 1. The Morgan fingerprint density at radius 3 is 2.76 bits per heavy atom. The van der Waals surface area contributed by atoms with Gasteiger partial charge >= 0.3 is 0 Å². The molecule has 0 bridgehead atoms. The van der Waals surface area contributed by atoms with Gasteiger partial charge in [-0.15, -0.1) is 0 Å². The average Bonchev–Trinajstić information content (AvgIpc) is 3.02. The van der Waals surface area contributed by atoms with Gasteiger partial charge in [0.05, 0.1) is 11.2 Å². The molecule has 25 heavy (non-hydrogen) atoms. The molecule has 0 radical (unpaired) electrons. The van der Waals surface area contributed by atoms with E-state index in [9.17, 15) is 4.79 Å². The van der Waals surface area contributed by atoms with E-state index in [2.05, 4.69) is 10.2 Å². The van der Waals surface area contributed by atoms with Crippen LogP contribution in [0.1, 0.15) is 16.8 Å². The second-order valence-electron chi connectivity index (χ2n) is 6.09. The van der Waals surface area contributed by atoms with E-state index in [0.717, 1.165) is 33.5 Å². The van der Waals surface area contributed by atoms with Crippen LogP contribution in [0.15, 0.2) is 42.5 Å². The lowest BCUT2D eigenvalue weighted by Gasteiger charge is -2.13. The van der Waals surface area contributed by atoms with Gasteiger partial charge in [-0.25, -0.2) is 0 Å². The highest BCUT2D eigenvalue weighted by atomic mass is 16.5. The second-order valence-corrected chi connectivity index (χ2v) is 6.09. The van der Waals surface area contributed by atoms with E-state index in [1.807, 2.05) is 61.5 Å². The molecular formula is C20H21N3O2. The number of hydrogen-bond acceptors (Lipinski definition) is 3. The Bertz CT molecular complexity index is 926. The minimum Gasteiger partial charge on any atom is -0.484 e. The third-order valence-electron chi connectivity index (χ3n) is 3.98. The van der Waals surface area contributed by atoms with E-state index >= 15 is 0 Å². The Hall–Kier alpha value is -3.08. The first-order valence-corrected chi connectivity index (χ1v) is 8.09. The van der Waals surface area contributed by atoms with Crippen LogP contribution < -0.4 is 4.74 Å². The van der Waals surface area contributed by atoms with Gasteiger partial charge in [0.15, 0.2) is 6.61 Å². The summed E-state index contributed by atoms with van der Waals surface area (Å²) < 4.78 is 5.59. The van der Waals surface area contributed by atoms with Crippen LogP contribution in [0.2, 0.25) is 0 Å². The Morgan fingerprint density at radius 1 is 1.20 bits per heavy atom. The van der Waals surface area contributed by atoms with Crippen LogP contribution in [0.5, 0.6) is 5.75 Å². The number of amides is 1. The molecule has 5 nitrogen and oxygen atoms in total. The monoisotopic (exact) mass is 335 g/mol. The Kier molecular flexibility index (Phi) is 4.84. The van der Waals surface area contributed by atoms with Gasteiger partial charge in [0.1, 0.15) is 5.75 Å². The molecule has 1 heterocycles. The molecule has 0 fully saturated rings. The van der Waals surface area contributed by atoms with Crippen LogP contribution in [0.4, 0.5) is 0 Å². The zero-order valence-corrected chi connectivity index (χ0v) is 14.6. The van der Waals surface area contributed by atoms with E-state index in [1.54, 1.807) is 14.1 Å². The zero-order valence-electron chi connectivity index (χ0n) is 14.6.